The molecule has 0 unspecified atom stereocenters. The van der Waals surface area contributed by atoms with Gasteiger partial charge in [0.25, 0.3) is 0 Å². The van der Waals surface area contributed by atoms with E-state index in [0.717, 1.165) is 12.0 Å². The number of amides is 1. The molecule has 6 heteroatoms. The molecule has 1 aliphatic rings. The van der Waals surface area contributed by atoms with E-state index in [-0.39, 0.29) is 30.7 Å². The van der Waals surface area contributed by atoms with Gasteiger partial charge in [0.1, 0.15) is 5.76 Å². The average Bonchev–Trinajstić information content (AvgIpc) is 3.03. The number of carbonyl (C=O) groups is 2. The van der Waals surface area contributed by atoms with Crippen molar-refractivity contribution in [3.8, 4) is 0 Å². The number of nitrogens with one attached hydrogen (secondary N) is 1. The largest absolute Gasteiger partial charge is 0.475 e. The van der Waals surface area contributed by atoms with Crippen LogP contribution in [0.3, 0.4) is 0 Å². The van der Waals surface area contributed by atoms with Gasteiger partial charge in [-0.25, -0.2) is 4.79 Å². The lowest BCUT2D eigenvalue weighted by molar-refractivity contribution is -0.124. The molecule has 1 aromatic heterocycles. The molecule has 1 aromatic carbocycles. The molecule has 0 saturated heterocycles. The fraction of sp³-hybridized carbons (Fsp3) is 0.294. The number of hydrogen-bond donors (Lipinski definition) is 2. The van der Waals surface area contributed by atoms with Crippen molar-refractivity contribution in [3.05, 3.63) is 59.0 Å². The number of benzene rings is 1. The summed E-state index contributed by atoms with van der Waals surface area (Å²) in [5.41, 5.74) is 2.27. The molecule has 0 radical (unpaired) electrons. The Kier molecular flexibility index (Phi) is 4.43. The van der Waals surface area contributed by atoms with Crippen molar-refractivity contribution in [1.82, 2.24) is 5.32 Å². The van der Waals surface area contributed by atoms with Gasteiger partial charge in [0.05, 0.1) is 25.7 Å². The summed E-state index contributed by atoms with van der Waals surface area (Å²) in [5.74, 6) is -1.03. The first-order chi connectivity index (χ1) is 11.1. The summed E-state index contributed by atoms with van der Waals surface area (Å²) in [6.45, 7) is 0.760. The number of carbonyl (C=O) groups excluding carboxylic acids is 1. The van der Waals surface area contributed by atoms with Gasteiger partial charge in [-0.05, 0) is 29.7 Å². The van der Waals surface area contributed by atoms with Crippen LogP contribution in [-0.2, 0) is 22.5 Å². The van der Waals surface area contributed by atoms with Crippen molar-refractivity contribution in [2.24, 2.45) is 0 Å². The van der Waals surface area contributed by atoms with E-state index in [1.165, 1.54) is 17.7 Å². The summed E-state index contributed by atoms with van der Waals surface area (Å²) in [7, 11) is 0. The monoisotopic (exact) mass is 315 g/mol. The highest BCUT2D eigenvalue weighted by Crippen LogP contribution is 2.29. The Morgan fingerprint density at radius 1 is 1.22 bits per heavy atom. The first-order valence-electron chi connectivity index (χ1n) is 7.41. The zero-order valence-corrected chi connectivity index (χ0v) is 12.5. The summed E-state index contributed by atoms with van der Waals surface area (Å²) in [5, 5.41) is 11.5. The molecule has 0 aliphatic carbocycles. The van der Waals surface area contributed by atoms with Gasteiger partial charge in [-0.1, -0.05) is 24.3 Å². The van der Waals surface area contributed by atoms with Crippen LogP contribution >= 0.6 is 0 Å². The van der Waals surface area contributed by atoms with Gasteiger partial charge >= 0.3 is 5.97 Å². The van der Waals surface area contributed by atoms with E-state index in [1.807, 2.05) is 18.2 Å². The van der Waals surface area contributed by atoms with E-state index < -0.39 is 5.97 Å². The highest BCUT2D eigenvalue weighted by molar-refractivity contribution is 5.84. The first-order valence-corrected chi connectivity index (χ1v) is 7.41. The highest BCUT2D eigenvalue weighted by Gasteiger charge is 2.23. The number of rotatable bonds is 5. The van der Waals surface area contributed by atoms with Crippen LogP contribution in [0.25, 0.3) is 0 Å². The van der Waals surface area contributed by atoms with Crippen molar-refractivity contribution >= 4 is 11.9 Å². The van der Waals surface area contributed by atoms with Gasteiger partial charge in [0.15, 0.2) is 0 Å². The SMILES string of the molecule is O=C(C[C@H]1OCCc2ccccc21)NCc1ccc(C(=O)O)o1. The standard InChI is InChI=1S/C17H17NO5/c19-16(18-10-12-5-6-14(23-12)17(20)21)9-15-13-4-2-1-3-11(13)7-8-22-15/h1-6,15H,7-10H2,(H,18,19)(H,20,21)/t15-/m1/s1. The normalized spacial score (nSPS) is 16.6. The number of hydrogen-bond acceptors (Lipinski definition) is 4. The van der Waals surface area contributed by atoms with E-state index in [0.29, 0.717) is 12.4 Å². The molecule has 1 amide bonds. The molecule has 6 nitrogen and oxygen atoms in total. The van der Waals surface area contributed by atoms with Gasteiger partial charge in [-0.15, -0.1) is 0 Å². The molecule has 0 saturated carbocycles. The van der Waals surface area contributed by atoms with E-state index in [1.54, 1.807) is 0 Å². The van der Waals surface area contributed by atoms with Crippen LogP contribution in [-0.4, -0.2) is 23.6 Å². The average molecular weight is 315 g/mol. The molecule has 1 atom stereocenters. The van der Waals surface area contributed by atoms with Crippen LogP contribution < -0.4 is 5.32 Å². The zero-order valence-electron chi connectivity index (χ0n) is 12.5. The lowest BCUT2D eigenvalue weighted by atomic mass is 9.95. The van der Waals surface area contributed by atoms with Crippen LogP contribution in [0.4, 0.5) is 0 Å². The third-order valence-electron chi connectivity index (χ3n) is 3.80. The smallest absolute Gasteiger partial charge is 0.371 e. The molecule has 0 bridgehead atoms. The van der Waals surface area contributed by atoms with Gasteiger partial charge in [0, 0.05) is 0 Å². The number of carboxylic acid groups (broad SMARTS) is 1. The van der Waals surface area contributed by atoms with Crippen molar-refractivity contribution in [2.75, 3.05) is 6.61 Å². The third-order valence-corrected chi connectivity index (χ3v) is 3.80. The van der Waals surface area contributed by atoms with Crippen molar-refractivity contribution in [2.45, 2.75) is 25.5 Å². The number of aromatic carboxylic acids is 1. The Morgan fingerprint density at radius 3 is 2.83 bits per heavy atom. The molecule has 2 heterocycles. The predicted octanol–water partition coefficient (Wildman–Crippen LogP) is 2.30. The second-order valence-corrected chi connectivity index (χ2v) is 5.36. The lowest BCUT2D eigenvalue weighted by Gasteiger charge is -2.25. The summed E-state index contributed by atoms with van der Waals surface area (Å²) >= 11 is 0. The van der Waals surface area contributed by atoms with Crippen molar-refractivity contribution < 1.29 is 23.8 Å². The van der Waals surface area contributed by atoms with Gasteiger partial charge < -0.3 is 19.6 Å². The first kappa shape index (κ1) is 15.3. The Labute approximate surface area is 133 Å². The Bertz CT molecular complexity index is 721. The van der Waals surface area contributed by atoms with Crippen molar-refractivity contribution in [3.63, 3.8) is 0 Å². The molecule has 1 aliphatic heterocycles. The molecule has 0 spiro atoms. The van der Waals surface area contributed by atoms with Crippen LogP contribution in [0.2, 0.25) is 0 Å². The topological polar surface area (TPSA) is 88.8 Å². The summed E-state index contributed by atoms with van der Waals surface area (Å²) in [6, 6.07) is 10.9. The van der Waals surface area contributed by atoms with Crippen LogP contribution in [0.1, 0.15) is 40.0 Å². The van der Waals surface area contributed by atoms with Crippen LogP contribution in [0.15, 0.2) is 40.8 Å². The van der Waals surface area contributed by atoms with Crippen LogP contribution in [0, 0.1) is 0 Å². The Balaban J connectivity index is 1.56. The number of ether oxygens (including phenoxy) is 1. The molecule has 3 rings (SSSR count). The maximum atomic E-state index is 12.1. The second kappa shape index (κ2) is 6.66. The molecular weight excluding hydrogens is 298 g/mol. The minimum absolute atomic E-state index is 0.140. The minimum atomic E-state index is -1.13. The quantitative estimate of drug-likeness (QED) is 0.884. The summed E-state index contributed by atoms with van der Waals surface area (Å²) in [4.78, 5) is 22.8. The molecular formula is C17H17NO5. The molecule has 2 aromatic rings. The van der Waals surface area contributed by atoms with E-state index in [2.05, 4.69) is 11.4 Å². The van der Waals surface area contributed by atoms with Crippen molar-refractivity contribution in [1.29, 1.82) is 0 Å². The fourth-order valence-electron chi connectivity index (χ4n) is 2.66. The number of carboxylic acids is 1. The molecule has 2 N–H and O–H groups in total. The second-order valence-electron chi connectivity index (χ2n) is 5.36. The minimum Gasteiger partial charge on any atom is -0.475 e. The van der Waals surface area contributed by atoms with Crippen LogP contribution in [0.5, 0.6) is 0 Å². The molecule has 23 heavy (non-hydrogen) atoms. The maximum absolute atomic E-state index is 12.1. The van der Waals surface area contributed by atoms with Gasteiger partial charge in [-0.3, -0.25) is 4.79 Å². The summed E-state index contributed by atoms with van der Waals surface area (Å²) < 4.78 is 10.8. The predicted molar refractivity (Wildman–Crippen MR) is 81.0 cm³/mol. The highest BCUT2D eigenvalue weighted by atomic mass is 16.5. The number of fused-ring (bicyclic) bond motifs is 1. The number of furan rings is 1. The van der Waals surface area contributed by atoms with E-state index in [9.17, 15) is 9.59 Å². The van der Waals surface area contributed by atoms with Gasteiger partial charge in [0.2, 0.25) is 11.7 Å². The summed E-state index contributed by atoms with van der Waals surface area (Å²) in [6.07, 6.45) is 0.841. The van der Waals surface area contributed by atoms with E-state index >= 15 is 0 Å². The molecule has 120 valence electrons. The fourth-order valence-corrected chi connectivity index (χ4v) is 2.66. The molecule has 0 fully saturated rings. The van der Waals surface area contributed by atoms with Gasteiger partial charge in [-0.2, -0.15) is 0 Å². The zero-order chi connectivity index (χ0) is 16.2. The lowest BCUT2D eigenvalue weighted by Crippen LogP contribution is -2.27. The Morgan fingerprint density at radius 2 is 2.04 bits per heavy atom. The Hall–Kier alpha value is -2.60. The third kappa shape index (κ3) is 3.60. The van der Waals surface area contributed by atoms with E-state index in [4.69, 9.17) is 14.3 Å². The maximum Gasteiger partial charge on any atom is 0.371 e.